The number of nitrogens with zero attached hydrogens (tertiary/aromatic N) is 2. The van der Waals surface area contributed by atoms with Gasteiger partial charge in [-0.2, -0.15) is 5.10 Å². The van der Waals surface area contributed by atoms with Gasteiger partial charge < -0.3 is 10.4 Å². The van der Waals surface area contributed by atoms with Gasteiger partial charge in [-0.15, -0.1) is 0 Å². The van der Waals surface area contributed by atoms with Crippen molar-refractivity contribution in [1.82, 2.24) is 15.1 Å². The normalized spacial score (nSPS) is 12.0. The molecular formula is C15H16ClN3O3. The van der Waals surface area contributed by atoms with Crippen LogP contribution < -0.4 is 5.32 Å². The molecule has 22 heavy (non-hydrogen) atoms. The molecule has 2 N–H and O–H groups in total. The SMILES string of the molecule is Cc1cn(-c2ccccc2Cl)nc1C(=O)NCC(C)C(=O)O. The van der Waals surface area contributed by atoms with Crippen molar-refractivity contribution >= 4 is 23.5 Å². The molecule has 1 heterocycles. The Kier molecular flexibility index (Phi) is 4.82. The molecule has 116 valence electrons. The average molecular weight is 322 g/mol. The molecule has 0 radical (unpaired) electrons. The summed E-state index contributed by atoms with van der Waals surface area (Å²) >= 11 is 6.11. The number of carboxylic acid groups (broad SMARTS) is 1. The van der Waals surface area contributed by atoms with E-state index < -0.39 is 17.8 Å². The number of amides is 1. The van der Waals surface area contributed by atoms with Gasteiger partial charge in [-0.25, -0.2) is 4.68 Å². The van der Waals surface area contributed by atoms with Gasteiger partial charge in [-0.1, -0.05) is 30.7 Å². The second kappa shape index (κ2) is 6.62. The van der Waals surface area contributed by atoms with Crippen molar-refractivity contribution in [2.75, 3.05) is 6.54 Å². The van der Waals surface area contributed by atoms with Crippen LogP contribution in [-0.2, 0) is 4.79 Å². The van der Waals surface area contributed by atoms with Crippen LogP contribution in [0.4, 0.5) is 0 Å². The maximum Gasteiger partial charge on any atom is 0.308 e. The minimum absolute atomic E-state index is 0.0482. The lowest BCUT2D eigenvalue weighted by molar-refractivity contribution is -0.140. The van der Waals surface area contributed by atoms with E-state index in [4.69, 9.17) is 16.7 Å². The second-order valence-corrected chi connectivity index (χ2v) is 5.41. The number of carboxylic acids is 1. The molecule has 0 aliphatic heterocycles. The van der Waals surface area contributed by atoms with Crippen LogP contribution in [0.25, 0.3) is 5.69 Å². The van der Waals surface area contributed by atoms with E-state index in [1.165, 1.54) is 11.6 Å². The van der Waals surface area contributed by atoms with Crippen LogP contribution >= 0.6 is 11.6 Å². The summed E-state index contributed by atoms with van der Waals surface area (Å²) in [7, 11) is 0. The fourth-order valence-corrected chi connectivity index (χ4v) is 2.08. The molecule has 1 atom stereocenters. The molecular weight excluding hydrogens is 306 g/mol. The zero-order valence-electron chi connectivity index (χ0n) is 12.2. The number of carbonyl (C=O) groups excluding carboxylic acids is 1. The van der Waals surface area contributed by atoms with Crippen molar-refractivity contribution in [2.45, 2.75) is 13.8 Å². The van der Waals surface area contributed by atoms with Crippen molar-refractivity contribution in [3.63, 3.8) is 0 Å². The number of hydrogen-bond acceptors (Lipinski definition) is 3. The molecule has 2 aromatic rings. The molecule has 0 spiro atoms. The highest BCUT2D eigenvalue weighted by atomic mass is 35.5. The quantitative estimate of drug-likeness (QED) is 0.885. The molecule has 0 aliphatic rings. The summed E-state index contributed by atoms with van der Waals surface area (Å²) in [5, 5.41) is 16.2. The van der Waals surface area contributed by atoms with Gasteiger partial charge in [0.1, 0.15) is 0 Å². The van der Waals surface area contributed by atoms with Gasteiger partial charge in [-0.05, 0) is 19.1 Å². The van der Waals surface area contributed by atoms with E-state index in [1.54, 1.807) is 25.3 Å². The largest absolute Gasteiger partial charge is 0.481 e. The highest BCUT2D eigenvalue weighted by Crippen LogP contribution is 2.20. The lowest BCUT2D eigenvalue weighted by atomic mass is 10.2. The van der Waals surface area contributed by atoms with E-state index in [-0.39, 0.29) is 12.2 Å². The highest BCUT2D eigenvalue weighted by molar-refractivity contribution is 6.32. The first-order valence-corrected chi connectivity index (χ1v) is 7.10. The van der Waals surface area contributed by atoms with E-state index in [0.717, 1.165) is 0 Å². The third kappa shape index (κ3) is 3.46. The van der Waals surface area contributed by atoms with E-state index in [2.05, 4.69) is 10.4 Å². The third-order valence-corrected chi connectivity index (χ3v) is 3.52. The molecule has 0 bridgehead atoms. The summed E-state index contributed by atoms with van der Waals surface area (Å²) in [6.07, 6.45) is 1.71. The van der Waals surface area contributed by atoms with E-state index in [1.807, 2.05) is 12.1 Å². The van der Waals surface area contributed by atoms with Gasteiger partial charge in [0.25, 0.3) is 5.91 Å². The van der Waals surface area contributed by atoms with Gasteiger partial charge in [-0.3, -0.25) is 9.59 Å². The maximum atomic E-state index is 12.1. The molecule has 0 aliphatic carbocycles. The first-order chi connectivity index (χ1) is 10.4. The van der Waals surface area contributed by atoms with Crippen molar-refractivity contribution in [3.05, 3.63) is 46.7 Å². The zero-order chi connectivity index (χ0) is 16.3. The predicted molar refractivity (Wildman–Crippen MR) is 82.4 cm³/mol. The number of carbonyl (C=O) groups is 2. The fraction of sp³-hybridized carbons (Fsp3) is 0.267. The summed E-state index contributed by atoms with van der Waals surface area (Å²) in [5.41, 5.74) is 1.60. The Hall–Kier alpha value is -2.34. The Bertz CT molecular complexity index is 712. The molecule has 2 rings (SSSR count). The average Bonchev–Trinajstić information content (AvgIpc) is 2.86. The molecule has 1 unspecified atom stereocenters. The maximum absolute atomic E-state index is 12.1. The van der Waals surface area contributed by atoms with Crippen LogP contribution in [0.3, 0.4) is 0 Å². The summed E-state index contributed by atoms with van der Waals surface area (Å²) in [5.74, 6) is -2.02. The first kappa shape index (κ1) is 16.0. The van der Waals surface area contributed by atoms with Crippen molar-refractivity contribution in [3.8, 4) is 5.69 Å². The van der Waals surface area contributed by atoms with Crippen molar-refractivity contribution in [2.24, 2.45) is 5.92 Å². The van der Waals surface area contributed by atoms with E-state index in [9.17, 15) is 9.59 Å². The van der Waals surface area contributed by atoms with Gasteiger partial charge in [0.2, 0.25) is 0 Å². The number of benzene rings is 1. The molecule has 1 aromatic carbocycles. The van der Waals surface area contributed by atoms with Gasteiger partial charge in [0.15, 0.2) is 5.69 Å². The van der Waals surface area contributed by atoms with Gasteiger partial charge in [0, 0.05) is 18.3 Å². The Labute approximate surface area is 132 Å². The Morgan fingerprint density at radius 3 is 2.73 bits per heavy atom. The monoisotopic (exact) mass is 321 g/mol. The Balaban J connectivity index is 2.18. The molecule has 0 saturated heterocycles. The molecule has 0 fully saturated rings. The number of nitrogens with one attached hydrogen (secondary N) is 1. The summed E-state index contributed by atoms with van der Waals surface area (Å²) in [6.45, 7) is 3.33. The summed E-state index contributed by atoms with van der Waals surface area (Å²) < 4.78 is 1.53. The third-order valence-electron chi connectivity index (χ3n) is 3.20. The molecule has 6 nitrogen and oxygen atoms in total. The molecule has 0 saturated carbocycles. The topological polar surface area (TPSA) is 84.2 Å². The van der Waals surface area contributed by atoms with E-state index in [0.29, 0.717) is 16.3 Å². The van der Waals surface area contributed by atoms with Gasteiger partial charge >= 0.3 is 5.97 Å². The van der Waals surface area contributed by atoms with Crippen molar-refractivity contribution in [1.29, 1.82) is 0 Å². The van der Waals surface area contributed by atoms with Gasteiger partial charge in [0.05, 0.1) is 16.6 Å². The first-order valence-electron chi connectivity index (χ1n) is 6.72. The molecule has 1 amide bonds. The second-order valence-electron chi connectivity index (χ2n) is 5.01. The predicted octanol–water partition coefficient (Wildman–Crippen LogP) is 2.28. The molecule has 1 aromatic heterocycles. The van der Waals surface area contributed by atoms with Crippen LogP contribution in [0, 0.1) is 12.8 Å². The van der Waals surface area contributed by atoms with Crippen LogP contribution in [0.1, 0.15) is 23.0 Å². The Morgan fingerprint density at radius 2 is 2.09 bits per heavy atom. The van der Waals surface area contributed by atoms with Crippen LogP contribution in [0.2, 0.25) is 5.02 Å². The summed E-state index contributed by atoms with van der Waals surface area (Å²) in [6, 6.07) is 7.17. The standard InChI is InChI=1S/C15H16ClN3O3/c1-9(15(21)22)7-17-14(20)13-10(2)8-19(18-13)12-6-4-3-5-11(12)16/h3-6,8-9H,7H2,1-2H3,(H,17,20)(H,21,22). The number of aliphatic carboxylic acids is 1. The smallest absolute Gasteiger partial charge is 0.308 e. The summed E-state index contributed by atoms with van der Waals surface area (Å²) in [4.78, 5) is 22.9. The molecule has 7 heteroatoms. The van der Waals surface area contributed by atoms with Crippen LogP contribution in [-0.4, -0.2) is 33.3 Å². The number of halogens is 1. The highest BCUT2D eigenvalue weighted by Gasteiger charge is 2.18. The van der Waals surface area contributed by atoms with Crippen LogP contribution in [0.5, 0.6) is 0 Å². The van der Waals surface area contributed by atoms with E-state index >= 15 is 0 Å². The number of hydrogen-bond donors (Lipinski definition) is 2. The lowest BCUT2D eigenvalue weighted by Gasteiger charge is -2.07. The van der Waals surface area contributed by atoms with Crippen molar-refractivity contribution < 1.29 is 14.7 Å². The Morgan fingerprint density at radius 1 is 1.41 bits per heavy atom. The zero-order valence-corrected chi connectivity index (χ0v) is 13.0. The minimum atomic E-state index is -0.960. The number of rotatable bonds is 5. The number of aromatic nitrogens is 2. The number of para-hydroxylation sites is 1. The van der Waals surface area contributed by atoms with Crippen LogP contribution in [0.15, 0.2) is 30.5 Å². The fourth-order valence-electron chi connectivity index (χ4n) is 1.86. The lowest BCUT2D eigenvalue weighted by Crippen LogP contribution is -2.32. The number of aryl methyl sites for hydroxylation is 1. The minimum Gasteiger partial charge on any atom is -0.481 e.